The normalized spacial score (nSPS) is 10.9. The molecular weight excluding hydrogens is 254 g/mol. The first-order valence-electron chi connectivity index (χ1n) is 7.14. The summed E-state index contributed by atoms with van der Waals surface area (Å²) in [5, 5.41) is 0. The fraction of sp³-hybridized carbons (Fsp3) is 0. The van der Waals surface area contributed by atoms with Crippen molar-refractivity contribution in [1.82, 2.24) is 4.40 Å². The highest BCUT2D eigenvalue weighted by molar-refractivity contribution is 5.90. The molecule has 0 N–H and O–H groups in total. The molecule has 0 bridgehead atoms. The highest BCUT2D eigenvalue weighted by atomic mass is 14.8. The molecule has 0 saturated carbocycles. The minimum atomic E-state index is 1.24. The number of pyridine rings is 1. The zero-order valence-corrected chi connectivity index (χ0v) is 11.6. The van der Waals surface area contributed by atoms with E-state index in [1.165, 1.54) is 27.8 Å². The van der Waals surface area contributed by atoms with E-state index >= 15 is 0 Å². The average molecular weight is 269 g/mol. The van der Waals surface area contributed by atoms with Gasteiger partial charge in [-0.1, -0.05) is 60.7 Å². The molecule has 1 heteroatoms. The largest absolute Gasteiger partial charge is 0.323 e. The predicted molar refractivity (Wildman–Crippen MR) is 88.3 cm³/mol. The number of benzene rings is 2. The van der Waals surface area contributed by atoms with Gasteiger partial charge in [0.2, 0.25) is 0 Å². The summed E-state index contributed by atoms with van der Waals surface area (Å²) in [7, 11) is 0. The van der Waals surface area contributed by atoms with Gasteiger partial charge < -0.3 is 4.40 Å². The Morgan fingerprint density at radius 1 is 0.476 bits per heavy atom. The molecule has 21 heavy (non-hydrogen) atoms. The highest BCUT2D eigenvalue weighted by Gasteiger charge is 2.10. The van der Waals surface area contributed by atoms with E-state index in [1.807, 2.05) is 0 Å². The molecule has 0 aliphatic rings. The SMILES string of the molecule is c1ccc(-c2ccccc2-c2ccn3ccccc23)cc1. The zero-order chi connectivity index (χ0) is 14.1. The fourth-order valence-corrected chi connectivity index (χ4v) is 2.87. The Balaban J connectivity index is 1.98. The van der Waals surface area contributed by atoms with Crippen LogP contribution < -0.4 is 0 Å². The maximum Gasteiger partial charge on any atom is 0.0528 e. The van der Waals surface area contributed by atoms with Crippen LogP contribution in [0.4, 0.5) is 0 Å². The first-order chi connectivity index (χ1) is 10.4. The number of hydrogen-bond acceptors (Lipinski definition) is 0. The Hall–Kier alpha value is -2.80. The summed E-state index contributed by atoms with van der Waals surface area (Å²) < 4.78 is 2.16. The van der Waals surface area contributed by atoms with Gasteiger partial charge in [0.25, 0.3) is 0 Å². The van der Waals surface area contributed by atoms with Crippen LogP contribution in [-0.4, -0.2) is 4.40 Å². The number of fused-ring (bicyclic) bond motifs is 1. The van der Waals surface area contributed by atoms with E-state index in [0.717, 1.165) is 0 Å². The lowest BCUT2D eigenvalue weighted by Gasteiger charge is -2.09. The van der Waals surface area contributed by atoms with E-state index < -0.39 is 0 Å². The lowest BCUT2D eigenvalue weighted by atomic mass is 9.95. The molecular formula is C20H15N. The van der Waals surface area contributed by atoms with Crippen molar-refractivity contribution >= 4 is 5.52 Å². The van der Waals surface area contributed by atoms with Gasteiger partial charge in [0.15, 0.2) is 0 Å². The van der Waals surface area contributed by atoms with Crippen molar-refractivity contribution in [2.75, 3.05) is 0 Å². The second-order valence-corrected chi connectivity index (χ2v) is 5.13. The molecule has 0 saturated heterocycles. The van der Waals surface area contributed by atoms with Gasteiger partial charge in [-0.3, -0.25) is 0 Å². The minimum absolute atomic E-state index is 1.24. The van der Waals surface area contributed by atoms with Crippen molar-refractivity contribution in [3.63, 3.8) is 0 Å². The van der Waals surface area contributed by atoms with E-state index in [1.54, 1.807) is 0 Å². The molecule has 2 aromatic carbocycles. The maximum absolute atomic E-state index is 2.20. The monoisotopic (exact) mass is 269 g/mol. The number of aromatic nitrogens is 1. The number of hydrogen-bond donors (Lipinski definition) is 0. The van der Waals surface area contributed by atoms with Crippen LogP contribution in [0.15, 0.2) is 91.3 Å². The van der Waals surface area contributed by atoms with Crippen LogP contribution in [0.25, 0.3) is 27.8 Å². The summed E-state index contributed by atoms with van der Waals surface area (Å²) in [4.78, 5) is 0. The van der Waals surface area contributed by atoms with Gasteiger partial charge in [-0.05, 0) is 34.9 Å². The Morgan fingerprint density at radius 3 is 2.05 bits per heavy atom. The van der Waals surface area contributed by atoms with Crippen LogP contribution in [0, 0.1) is 0 Å². The second-order valence-electron chi connectivity index (χ2n) is 5.13. The summed E-state index contributed by atoms with van der Waals surface area (Å²) >= 11 is 0. The molecule has 0 fully saturated rings. The van der Waals surface area contributed by atoms with Crippen molar-refractivity contribution in [3.05, 3.63) is 91.3 Å². The van der Waals surface area contributed by atoms with E-state index in [2.05, 4.69) is 95.7 Å². The van der Waals surface area contributed by atoms with Crippen molar-refractivity contribution in [2.24, 2.45) is 0 Å². The lowest BCUT2D eigenvalue weighted by Crippen LogP contribution is -1.85. The lowest BCUT2D eigenvalue weighted by molar-refractivity contribution is 1.20. The van der Waals surface area contributed by atoms with E-state index in [-0.39, 0.29) is 0 Å². The Kier molecular flexibility index (Phi) is 2.82. The Bertz CT molecular complexity index is 888. The van der Waals surface area contributed by atoms with Gasteiger partial charge in [0.05, 0.1) is 5.52 Å². The first kappa shape index (κ1) is 12.0. The summed E-state index contributed by atoms with van der Waals surface area (Å²) in [6.07, 6.45) is 4.20. The Labute approximate surface area is 124 Å². The Morgan fingerprint density at radius 2 is 1.19 bits per heavy atom. The van der Waals surface area contributed by atoms with Crippen molar-refractivity contribution in [2.45, 2.75) is 0 Å². The molecule has 1 nitrogen and oxygen atoms in total. The molecule has 2 heterocycles. The molecule has 2 aromatic heterocycles. The van der Waals surface area contributed by atoms with E-state index in [9.17, 15) is 0 Å². The van der Waals surface area contributed by atoms with Gasteiger partial charge in [-0.2, -0.15) is 0 Å². The molecule has 0 radical (unpaired) electrons. The quantitative estimate of drug-likeness (QED) is 0.467. The summed E-state index contributed by atoms with van der Waals surface area (Å²) in [6, 6.07) is 27.7. The molecule has 0 spiro atoms. The van der Waals surface area contributed by atoms with Crippen molar-refractivity contribution in [3.8, 4) is 22.3 Å². The zero-order valence-electron chi connectivity index (χ0n) is 11.6. The molecule has 0 atom stereocenters. The van der Waals surface area contributed by atoms with E-state index in [4.69, 9.17) is 0 Å². The van der Waals surface area contributed by atoms with E-state index in [0.29, 0.717) is 0 Å². The standard InChI is InChI=1S/C20H15N/c1-2-8-16(9-3-1)17-10-4-5-11-18(17)19-13-15-21-14-7-6-12-20(19)21/h1-15H. The maximum atomic E-state index is 2.20. The number of nitrogens with zero attached hydrogens (tertiary/aromatic N) is 1. The number of rotatable bonds is 2. The minimum Gasteiger partial charge on any atom is -0.323 e. The van der Waals surface area contributed by atoms with Gasteiger partial charge in [0.1, 0.15) is 0 Å². The predicted octanol–water partition coefficient (Wildman–Crippen LogP) is 5.27. The highest BCUT2D eigenvalue weighted by Crippen LogP contribution is 2.34. The summed E-state index contributed by atoms with van der Waals surface area (Å²) in [5.74, 6) is 0. The topological polar surface area (TPSA) is 4.41 Å². The third-order valence-electron chi connectivity index (χ3n) is 3.87. The smallest absolute Gasteiger partial charge is 0.0528 e. The second kappa shape index (κ2) is 4.95. The van der Waals surface area contributed by atoms with Crippen molar-refractivity contribution in [1.29, 1.82) is 0 Å². The van der Waals surface area contributed by atoms with Gasteiger partial charge in [0, 0.05) is 18.0 Å². The van der Waals surface area contributed by atoms with Crippen LogP contribution in [-0.2, 0) is 0 Å². The fourth-order valence-electron chi connectivity index (χ4n) is 2.87. The summed E-state index contributed by atoms with van der Waals surface area (Å²) in [6.45, 7) is 0. The first-order valence-corrected chi connectivity index (χ1v) is 7.14. The molecule has 4 rings (SSSR count). The molecule has 0 unspecified atom stereocenters. The summed E-state index contributed by atoms with van der Waals surface area (Å²) in [5.41, 5.74) is 6.31. The van der Waals surface area contributed by atoms with Gasteiger partial charge in [-0.25, -0.2) is 0 Å². The molecule has 0 amide bonds. The molecule has 0 aliphatic heterocycles. The van der Waals surface area contributed by atoms with Gasteiger partial charge >= 0.3 is 0 Å². The average Bonchev–Trinajstić information content (AvgIpc) is 3.00. The van der Waals surface area contributed by atoms with Crippen LogP contribution in [0.1, 0.15) is 0 Å². The van der Waals surface area contributed by atoms with Crippen LogP contribution in [0.2, 0.25) is 0 Å². The molecule has 100 valence electrons. The third-order valence-corrected chi connectivity index (χ3v) is 3.87. The van der Waals surface area contributed by atoms with Crippen molar-refractivity contribution < 1.29 is 0 Å². The van der Waals surface area contributed by atoms with Gasteiger partial charge in [-0.15, -0.1) is 0 Å². The molecule has 0 aliphatic carbocycles. The van der Waals surface area contributed by atoms with Crippen LogP contribution in [0.5, 0.6) is 0 Å². The van der Waals surface area contributed by atoms with Crippen LogP contribution >= 0.6 is 0 Å². The van der Waals surface area contributed by atoms with Crippen LogP contribution in [0.3, 0.4) is 0 Å². The molecule has 4 aromatic rings. The third kappa shape index (κ3) is 2.03.